The monoisotopic (exact) mass is 390 g/mol. The lowest BCUT2D eigenvalue weighted by molar-refractivity contribution is 0.349. The predicted octanol–water partition coefficient (Wildman–Crippen LogP) is 5.52. The second-order valence-corrected chi connectivity index (χ2v) is 9.92. The fourth-order valence-electron chi connectivity index (χ4n) is 3.45. The van der Waals surface area contributed by atoms with Crippen LogP contribution in [0.5, 0.6) is 0 Å². The summed E-state index contributed by atoms with van der Waals surface area (Å²) in [7, 11) is 0. The molecule has 1 fully saturated rings. The number of nitrogens with one attached hydrogen (secondary N) is 1. The fraction of sp³-hybridized carbons (Fsp3) is 0.391. The molecule has 1 aliphatic rings. The van der Waals surface area contributed by atoms with Gasteiger partial charge in [-0.05, 0) is 42.0 Å². The molecule has 0 radical (unpaired) electrons. The molecule has 0 bridgehead atoms. The molecule has 144 valence electrons. The Kier molecular flexibility index (Phi) is 5.18. The zero-order chi connectivity index (χ0) is 19.7. The average Bonchev–Trinajstić information content (AvgIpc) is 3.43. The number of hydrogen-bond acceptors (Lipinski definition) is 4. The summed E-state index contributed by atoms with van der Waals surface area (Å²) in [5.74, 6) is 0. The van der Waals surface area contributed by atoms with E-state index in [9.17, 15) is 5.26 Å². The third-order valence-electron chi connectivity index (χ3n) is 4.85. The van der Waals surface area contributed by atoms with E-state index in [1.165, 1.54) is 29.3 Å². The van der Waals surface area contributed by atoms with E-state index >= 15 is 0 Å². The van der Waals surface area contributed by atoms with Crippen LogP contribution in [0.25, 0.3) is 22.2 Å². The van der Waals surface area contributed by atoms with Crippen LogP contribution >= 0.6 is 11.9 Å². The van der Waals surface area contributed by atoms with Crippen LogP contribution in [0.2, 0.25) is 0 Å². The Balaban J connectivity index is 1.74. The largest absolute Gasteiger partial charge is 0.347 e. The molecule has 0 saturated heterocycles. The molecule has 1 N–H and O–H groups in total. The van der Waals surface area contributed by atoms with E-state index in [0.717, 1.165) is 29.6 Å². The van der Waals surface area contributed by atoms with Gasteiger partial charge in [-0.1, -0.05) is 44.9 Å². The molecule has 3 aromatic rings. The van der Waals surface area contributed by atoms with E-state index in [0.29, 0.717) is 5.56 Å². The van der Waals surface area contributed by atoms with Gasteiger partial charge in [-0.2, -0.15) is 5.26 Å². The molecule has 0 atom stereocenters. The Hall–Kier alpha value is -2.29. The minimum Gasteiger partial charge on any atom is -0.347 e. The maximum atomic E-state index is 9.45. The van der Waals surface area contributed by atoms with Crippen molar-refractivity contribution in [1.29, 1.82) is 5.26 Å². The third kappa shape index (κ3) is 4.24. The Morgan fingerprint density at radius 3 is 2.82 bits per heavy atom. The number of aromatic nitrogens is 2. The molecule has 0 amide bonds. The molecular formula is C23H26N4S. The highest BCUT2D eigenvalue weighted by molar-refractivity contribution is 7.98. The van der Waals surface area contributed by atoms with Crippen LogP contribution in [0.3, 0.4) is 0 Å². The summed E-state index contributed by atoms with van der Waals surface area (Å²) in [5.41, 5.74) is 5.05. The van der Waals surface area contributed by atoms with Gasteiger partial charge in [0.1, 0.15) is 6.07 Å². The standard InChI is InChI=1S/C23H26N4S/c1-23(2,3)15-27-14-18(13-26-28-19-7-8-19)20-9-6-16(11-21(20)27)22-17(12-24)5-4-10-25-22/h4-6,9-11,14,19,26H,7-8,13,15H2,1-3H3. The Bertz CT molecular complexity index is 1030. The van der Waals surface area contributed by atoms with Crippen LogP contribution in [0.1, 0.15) is 44.7 Å². The second kappa shape index (κ2) is 7.62. The number of hydrogen-bond donors (Lipinski definition) is 1. The SMILES string of the molecule is CC(C)(C)Cn1cc(CNSC2CC2)c2ccc(-c3ncccc3C#N)cc21. The van der Waals surface area contributed by atoms with Gasteiger partial charge in [-0.25, -0.2) is 0 Å². The molecule has 1 aliphatic carbocycles. The lowest BCUT2D eigenvalue weighted by Gasteiger charge is -2.20. The molecule has 2 heterocycles. The van der Waals surface area contributed by atoms with Crippen LogP contribution in [-0.4, -0.2) is 14.8 Å². The van der Waals surface area contributed by atoms with Crippen LogP contribution in [0.4, 0.5) is 0 Å². The van der Waals surface area contributed by atoms with Crippen molar-refractivity contribution in [3.05, 3.63) is 53.9 Å². The summed E-state index contributed by atoms with van der Waals surface area (Å²) >= 11 is 1.87. The normalized spacial score (nSPS) is 14.4. The quantitative estimate of drug-likeness (QED) is 0.563. The highest BCUT2D eigenvalue weighted by Crippen LogP contribution is 2.33. The van der Waals surface area contributed by atoms with Gasteiger partial charge in [-0.15, -0.1) is 0 Å². The summed E-state index contributed by atoms with van der Waals surface area (Å²) < 4.78 is 5.90. The Morgan fingerprint density at radius 1 is 1.29 bits per heavy atom. The van der Waals surface area contributed by atoms with Gasteiger partial charge in [0.05, 0.1) is 11.3 Å². The number of pyridine rings is 1. The van der Waals surface area contributed by atoms with E-state index in [1.54, 1.807) is 6.20 Å². The molecule has 1 saturated carbocycles. The Morgan fingerprint density at radius 2 is 2.11 bits per heavy atom. The molecule has 1 aromatic carbocycles. The van der Waals surface area contributed by atoms with Gasteiger partial charge in [0.25, 0.3) is 0 Å². The third-order valence-corrected chi connectivity index (χ3v) is 5.96. The maximum Gasteiger partial charge on any atom is 0.101 e. The van der Waals surface area contributed by atoms with Crippen molar-refractivity contribution in [2.45, 2.75) is 52.0 Å². The van der Waals surface area contributed by atoms with Crippen molar-refractivity contribution in [2.75, 3.05) is 0 Å². The van der Waals surface area contributed by atoms with Gasteiger partial charge in [0, 0.05) is 47.2 Å². The summed E-state index contributed by atoms with van der Waals surface area (Å²) in [6.07, 6.45) is 6.69. The van der Waals surface area contributed by atoms with Crippen molar-refractivity contribution in [1.82, 2.24) is 14.3 Å². The predicted molar refractivity (Wildman–Crippen MR) is 117 cm³/mol. The lowest BCUT2D eigenvalue weighted by atomic mass is 9.97. The van der Waals surface area contributed by atoms with Crippen molar-refractivity contribution in [2.24, 2.45) is 5.41 Å². The van der Waals surface area contributed by atoms with E-state index in [1.807, 2.05) is 24.1 Å². The highest BCUT2D eigenvalue weighted by atomic mass is 32.2. The number of fused-ring (bicyclic) bond motifs is 1. The molecular weight excluding hydrogens is 364 g/mol. The second-order valence-electron chi connectivity index (χ2n) is 8.72. The summed E-state index contributed by atoms with van der Waals surface area (Å²) in [4.78, 5) is 4.47. The lowest BCUT2D eigenvalue weighted by Crippen LogP contribution is -2.14. The van der Waals surface area contributed by atoms with E-state index < -0.39 is 0 Å². The molecule has 0 aliphatic heterocycles. The van der Waals surface area contributed by atoms with Crippen molar-refractivity contribution < 1.29 is 0 Å². The zero-order valence-corrected chi connectivity index (χ0v) is 17.5. The van der Waals surface area contributed by atoms with Crippen LogP contribution < -0.4 is 4.72 Å². The topological polar surface area (TPSA) is 53.6 Å². The van der Waals surface area contributed by atoms with Crippen molar-refractivity contribution >= 4 is 22.9 Å². The van der Waals surface area contributed by atoms with E-state index in [-0.39, 0.29) is 5.41 Å². The van der Waals surface area contributed by atoms with Crippen LogP contribution in [0.15, 0.2) is 42.7 Å². The van der Waals surface area contributed by atoms with E-state index in [2.05, 4.69) is 65.5 Å². The molecule has 5 heteroatoms. The molecule has 4 nitrogen and oxygen atoms in total. The minimum absolute atomic E-state index is 0.179. The molecule has 2 aromatic heterocycles. The van der Waals surface area contributed by atoms with Crippen LogP contribution in [-0.2, 0) is 13.1 Å². The first-order chi connectivity index (χ1) is 13.4. The number of benzene rings is 1. The molecule has 0 unspecified atom stereocenters. The first-order valence-electron chi connectivity index (χ1n) is 9.80. The molecule has 4 rings (SSSR count). The zero-order valence-electron chi connectivity index (χ0n) is 16.7. The first kappa shape index (κ1) is 19.0. The van der Waals surface area contributed by atoms with Crippen molar-refractivity contribution in [3.8, 4) is 17.3 Å². The maximum absolute atomic E-state index is 9.45. The van der Waals surface area contributed by atoms with Crippen LogP contribution in [0, 0.1) is 16.7 Å². The van der Waals surface area contributed by atoms with E-state index in [4.69, 9.17) is 0 Å². The highest BCUT2D eigenvalue weighted by Gasteiger charge is 2.22. The Labute approximate surface area is 171 Å². The molecule has 0 spiro atoms. The summed E-state index contributed by atoms with van der Waals surface area (Å²) in [6, 6.07) is 12.3. The van der Waals surface area contributed by atoms with Gasteiger partial charge in [0.15, 0.2) is 0 Å². The van der Waals surface area contributed by atoms with Crippen molar-refractivity contribution in [3.63, 3.8) is 0 Å². The first-order valence-corrected chi connectivity index (χ1v) is 10.7. The number of nitrogens with zero attached hydrogens (tertiary/aromatic N) is 3. The fourth-order valence-corrected chi connectivity index (χ4v) is 4.29. The summed E-state index contributed by atoms with van der Waals surface area (Å²) in [5, 5.41) is 11.5. The number of nitriles is 1. The van der Waals surface area contributed by atoms with Gasteiger partial charge in [0.2, 0.25) is 0 Å². The average molecular weight is 391 g/mol. The van der Waals surface area contributed by atoms with Gasteiger partial charge < -0.3 is 4.57 Å². The molecule has 28 heavy (non-hydrogen) atoms. The number of rotatable bonds is 6. The minimum atomic E-state index is 0.179. The smallest absolute Gasteiger partial charge is 0.101 e. The van der Waals surface area contributed by atoms with Gasteiger partial charge >= 0.3 is 0 Å². The summed E-state index contributed by atoms with van der Waals surface area (Å²) in [6.45, 7) is 8.58. The van der Waals surface area contributed by atoms with Gasteiger partial charge in [-0.3, -0.25) is 9.71 Å².